The van der Waals surface area contributed by atoms with Crippen molar-refractivity contribution in [2.45, 2.75) is 129 Å². The van der Waals surface area contributed by atoms with Crippen LogP contribution in [0.25, 0.3) is 0 Å². The highest BCUT2D eigenvalue weighted by molar-refractivity contribution is 6.05. The lowest BCUT2D eigenvalue weighted by Gasteiger charge is -2.42. The third-order valence-corrected chi connectivity index (χ3v) is 15.8. The molecule has 1 saturated heterocycles. The maximum absolute atomic E-state index is 12.9. The van der Waals surface area contributed by atoms with Crippen molar-refractivity contribution in [2.24, 2.45) is 0 Å². The number of ether oxygens (including phenoxy) is 5. The zero-order valence-electron chi connectivity index (χ0n) is 52.4. The van der Waals surface area contributed by atoms with E-state index in [1.54, 1.807) is 116 Å². The van der Waals surface area contributed by atoms with Crippen LogP contribution in [0.5, 0.6) is 40.2 Å². The number of nitrogens with one attached hydrogen (secondary N) is 7. The molecule has 7 N–H and O–H groups in total. The Morgan fingerprint density at radius 1 is 0.511 bits per heavy atom. The van der Waals surface area contributed by atoms with Crippen LogP contribution in [0.15, 0.2) is 133 Å². The van der Waals surface area contributed by atoms with Gasteiger partial charge in [0.05, 0.1) is 19.3 Å². The molecule has 88 heavy (non-hydrogen) atoms. The normalized spacial score (nSPS) is 13.7. The number of benzene rings is 6. The van der Waals surface area contributed by atoms with E-state index in [0.717, 1.165) is 75.8 Å². The molecule has 0 spiro atoms. The molecule has 0 bridgehead atoms. The van der Waals surface area contributed by atoms with Gasteiger partial charge in [0.25, 0.3) is 17.7 Å². The predicted molar refractivity (Wildman–Crippen MR) is 348 cm³/mol. The van der Waals surface area contributed by atoms with E-state index < -0.39 is 0 Å². The summed E-state index contributed by atoms with van der Waals surface area (Å²) in [4.78, 5) is 67.7. The first-order chi connectivity index (χ1) is 42.6. The van der Waals surface area contributed by atoms with Crippen LogP contribution in [-0.2, 0) is 0 Å². The fourth-order valence-corrected chi connectivity index (χ4v) is 10.4. The minimum Gasteiger partial charge on any atom is -0.494 e. The maximum atomic E-state index is 12.9. The van der Waals surface area contributed by atoms with Crippen molar-refractivity contribution >= 4 is 52.5 Å². The molecule has 0 aromatic heterocycles. The zero-order valence-corrected chi connectivity index (χ0v) is 52.4. The Hall–Kier alpha value is -8.81. The lowest BCUT2D eigenvalue weighted by atomic mass is 9.90. The third kappa shape index (κ3) is 20.1. The number of carbonyl (C=O) groups excluding carboxylic acids is 5. The summed E-state index contributed by atoms with van der Waals surface area (Å²) in [6.07, 6.45) is 13.8. The second-order valence-electron chi connectivity index (χ2n) is 22.2. The first kappa shape index (κ1) is 66.7. The molecule has 0 unspecified atom stereocenters. The molecule has 470 valence electrons. The second kappa shape index (κ2) is 33.9. The number of amides is 7. The van der Waals surface area contributed by atoms with E-state index in [-0.39, 0.29) is 53.2 Å². The number of likely N-dealkylation sites (tertiary alicyclic amines) is 1. The van der Waals surface area contributed by atoms with Crippen LogP contribution in [0.2, 0.25) is 0 Å². The molecule has 0 radical (unpaired) electrons. The van der Waals surface area contributed by atoms with Gasteiger partial charge < -0.3 is 65.8 Å². The summed E-state index contributed by atoms with van der Waals surface area (Å²) in [7, 11) is 7.20. The van der Waals surface area contributed by atoms with Gasteiger partial charge in [-0.2, -0.15) is 0 Å². The molecule has 2 aliphatic rings. The van der Waals surface area contributed by atoms with Crippen LogP contribution in [-0.4, -0.2) is 112 Å². The molecule has 1 aliphatic carbocycles. The van der Waals surface area contributed by atoms with Gasteiger partial charge in [-0.05, 0) is 212 Å². The minimum atomic E-state index is -0.355. The summed E-state index contributed by atoms with van der Waals surface area (Å²) in [6, 6.07) is 38.1. The second-order valence-corrected chi connectivity index (χ2v) is 22.2. The number of anilines is 4. The molecule has 6 aromatic carbocycles. The molecule has 2 fully saturated rings. The minimum absolute atomic E-state index is 0.0721. The van der Waals surface area contributed by atoms with Crippen LogP contribution in [0.1, 0.15) is 142 Å². The Morgan fingerprint density at radius 3 is 1.45 bits per heavy atom. The Bertz CT molecular complexity index is 3180. The molecule has 7 amide bonds. The van der Waals surface area contributed by atoms with E-state index in [1.807, 2.05) is 52.0 Å². The summed E-state index contributed by atoms with van der Waals surface area (Å²) in [5, 5.41) is 19.9. The number of rotatable bonds is 26. The Balaban J connectivity index is 0.000000251. The number of carbonyl (C=O) groups is 5. The Morgan fingerprint density at radius 2 is 0.966 bits per heavy atom. The maximum Gasteiger partial charge on any atom is 0.319 e. The standard InChI is InChI=1S/C35H45N5O5.C34H44N4O5/c1-4-26(5-2)38-35(43)39-28-14-19-32(31(24-28)34(42)36-3)45-30-17-12-27(13-18-30)37-33(41)25-10-15-29(16-11-25)44-23-9-22-40-20-7-6-8-21-40;1-6-25(7-2)36-33(40)37-27-15-20-30(31(23-27)41-5)42-28-18-13-26(14-19-28)35-32(39)24-11-16-29(17-12-24)43-34(38(3)4)21-9-8-10-22-34/h10-19,24,26H,4-9,20-23H2,1-3H3,(H,36,42)(H,37,41)(H2,38,39,43);11-20,23,25H,6-10,21-22H2,1-5H3,(H,35,39)(H2,36,37,40). The van der Waals surface area contributed by atoms with Crippen molar-refractivity contribution in [2.75, 3.05) is 75.8 Å². The molecule has 6 aromatic rings. The third-order valence-electron chi connectivity index (χ3n) is 15.8. The molecule has 0 atom stereocenters. The van der Waals surface area contributed by atoms with Gasteiger partial charge in [0.15, 0.2) is 17.2 Å². The molecular formula is C69H89N9O10. The van der Waals surface area contributed by atoms with Crippen LogP contribution < -0.4 is 60.9 Å². The Kier molecular flexibility index (Phi) is 25.7. The fourth-order valence-electron chi connectivity index (χ4n) is 10.4. The number of piperidine rings is 1. The highest BCUT2D eigenvalue weighted by atomic mass is 16.5. The largest absolute Gasteiger partial charge is 0.494 e. The lowest BCUT2D eigenvalue weighted by molar-refractivity contribution is -0.0845. The van der Waals surface area contributed by atoms with Gasteiger partial charge in [-0.3, -0.25) is 19.3 Å². The van der Waals surface area contributed by atoms with Crippen LogP contribution >= 0.6 is 0 Å². The molecular weight excluding hydrogens is 1110 g/mol. The summed E-state index contributed by atoms with van der Waals surface area (Å²) in [6.45, 7) is 12.2. The van der Waals surface area contributed by atoms with Gasteiger partial charge in [0.2, 0.25) is 0 Å². The first-order valence-electron chi connectivity index (χ1n) is 30.9. The van der Waals surface area contributed by atoms with Crippen molar-refractivity contribution in [3.8, 4) is 40.2 Å². The van der Waals surface area contributed by atoms with Crippen LogP contribution in [0, 0.1) is 0 Å². The van der Waals surface area contributed by atoms with Gasteiger partial charge in [0.1, 0.15) is 28.7 Å². The van der Waals surface area contributed by atoms with E-state index in [0.29, 0.717) is 69.2 Å². The predicted octanol–water partition coefficient (Wildman–Crippen LogP) is 14.3. The molecule has 19 nitrogen and oxygen atoms in total. The number of methoxy groups -OCH3 is 1. The SMILES string of the molecule is CCC(CC)NC(=O)Nc1ccc(Oc2ccc(NC(=O)c3ccc(OC4(N(C)C)CCCCC4)cc3)cc2)c(OC)c1.CCC(CC)NC(=O)Nc1ccc(Oc2ccc(NC(=O)c3ccc(OCCCN4CCCCC4)cc3)cc2)c(C(=O)NC)c1. The molecule has 1 aliphatic heterocycles. The van der Waals surface area contributed by atoms with Crippen molar-refractivity contribution in [1.29, 1.82) is 0 Å². The van der Waals surface area contributed by atoms with Gasteiger partial charge in [0, 0.05) is 78.5 Å². The van der Waals surface area contributed by atoms with E-state index in [9.17, 15) is 24.0 Å². The van der Waals surface area contributed by atoms with E-state index >= 15 is 0 Å². The summed E-state index contributed by atoms with van der Waals surface area (Å²) < 4.78 is 29.8. The van der Waals surface area contributed by atoms with Gasteiger partial charge in [-0.1, -0.05) is 40.5 Å². The molecule has 19 heteroatoms. The van der Waals surface area contributed by atoms with Crippen molar-refractivity contribution < 1.29 is 47.7 Å². The molecule has 1 saturated carbocycles. The van der Waals surface area contributed by atoms with E-state index in [2.05, 4.69) is 61.1 Å². The number of urea groups is 2. The van der Waals surface area contributed by atoms with E-state index in [1.165, 1.54) is 45.8 Å². The number of hydrogen-bond acceptors (Lipinski definition) is 12. The molecule has 1 heterocycles. The van der Waals surface area contributed by atoms with Crippen molar-refractivity contribution in [3.63, 3.8) is 0 Å². The summed E-state index contributed by atoms with van der Waals surface area (Å²) >= 11 is 0. The number of nitrogens with zero attached hydrogens (tertiary/aromatic N) is 2. The van der Waals surface area contributed by atoms with Gasteiger partial charge in [-0.15, -0.1) is 0 Å². The van der Waals surface area contributed by atoms with Crippen molar-refractivity contribution in [1.82, 2.24) is 25.8 Å². The smallest absolute Gasteiger partial charge is 0.319 e. The van der Waals surface area contributed by atoms with Gasteiger partial charge in [-0.25, -0.2) is 9.59 Å². The Labute approximate surface area is 518 Å². The average molecular weight is 1200 g/mol. The molecule has 8 rings (SSSR count). The van der Waals surface area contributed by atoms with Crippen LogP contribution in [0.4, 0.5) is 32.3 Å². The summed E-state index contributed by atoms with van der Waals surface area (Å²) in [5.41, 5.74) is 3.34. The average Bonchev–Trinajstić information content (AvgIpc) is 2.78. The van der Waals surface area contributed by atoms with Gasteiger partial charge >= 0.3 is 12.1 Å². The quantitative estimate of drug-likeness (QED) is 0.0199. The van der Waals surface area contributed by atoms with Crippen molar-refractivity contribution in [3.05, 3.63) is 150 Å². The highest BCUT2D eigenvalue weighted by Crippen LogP contribution is 2.37. The first-order valence-corrected chi connectivity index (χ1v) is 30.9. The van der Waals surface area contributed by atoms with E-state index in [4.69, 9.17) is 23.7 Å². The highest BCUT2D eigenvalue weighted by Gasteiger charge is 2.36. The monoisotopic (exact) mass is 1200 g/mol. The fraction of sp³-hybridized carbons (Fsp3) is 0.406. The lowest BCUT2D eigenvalue weighted by Crippen LogP contribution is -2.50. The zero-order chi connectivity index (χ0) is 62.8. The number of hydrogen-bond donors (Lipinski definition) is 7. The van der Waals surface area contributed by atoms with Crippen LogP contribution in [0.3, 0.4) is 0 Å². The topological polar surface area (TPSA) is 222 Å². The summed E-state index contributed by atoms with van der Waals surface area (Å²) in [5.74, 6) is 3.06.